The van der Waals surface area contributed by atoms with Crippen molar-refractivity contribution in [2.24, 2.45) is 0 Å². The molecule has 0 bridgehead atoms. The van der Waals surface area contributed by atoms with Gasteiger partial charge in [-0.3, -0.25) is 0 Å². The molecule has 2 rings (SSSR count). The molecule has 1 N–H and O–H groups in total. The third kappa shape index (κ3) is 3.81. The Kier molecular flexibility index (Phi) is 6.11. The van der Waals surface area contributed by atoms with E-state index in [9.17, 15) is 0 Å². The first kappa shape index (κ1) is 17.2. The highest BCUT2D eigenvalue weighted by atomic mass is 127. The number of halogens is 3. The summed E-state index contributed by atoms with van der Waals surface area (Å²) in [5, 5.41) is 3.40. The number of nitrogens with one attached hydrogen (secondary N) is 1. The molecule has 0 radical (unpaired) electrons. The molecule has 0 fully saturated rings. The number of hydrogen-bond acceptors (Lipinski definition) is 2. The second-order valence-electron chi connectivity index (χ2n) is 4.73. The van der Waals surface area contributed by atoms with Crippen LogP contribution < -0.4 is 10.1 Å². The van der Waals surface area contributed by atoms with Crippen LogP contribution in [0.5, 0.6) is 5.75 Å². The van der Waals surface area contributed by atoms with Gasteiger partial charge in [0, 0.05) is 18.1 Å². The summed E-state index contributed by atoms with van der Waals surface area (Å²) >= 11 is 9.54. The predicted molar refractivity (Wildman–Crippen MR) is 103 cm³/mol. The van der Waals surface area contributed by atoms with Crippen LogP contribution in [0, 0.1) is 10.5 Å². The largest absolute Gasteiger partial charge is 0.496 e. The topological polar surface area (TPSA) is 21.3 Å². The van der Waals surface area contributed by atoms with Crippen molar-refractivity contribution in [3.63, 3.8) is 0 Å². The van der Waals surface area contributed by atoms with Crippen LogP contribution >= 0.6 is 54.5 Å². The summed E-state index contributed by atoms with van der Waals surface area (Å²) in [6.45, 7) is 2.06. The van der Waals surface area contributed by atoms with Gasteiger partial charge < -0.3 is 10.1 Å². The monoisotopic (exact) mass is 523 g/mol. The Balaban J connectivity index is 2.61. The van der Waals surface area contributed by atoms with Gasteiger partial charge in [0.2, 0.25) is 0 Å². The van der Waals surface area contributed by atoms with E-state index in [2.05, 4.69) is 97.0 Å². The Hall–Kier alpha value is -0.110. The fourth-order valence-corrected chi connectivity index (χ4v) is 3.67. The molecule has 2 aromatic rings. The van der Waals surface area contributed by atoms with Gasteiger partial charge in [-0.25, -0.2) is 0 Å². The van der Waals surface area contributed by atoms with E-state index in [1.807, 2.05) is 7.05 Å². The lowest BCUT2D eigenvalue weighted by atomic mass is 9.97. The molecule has 112 valence electrons. The summed E-state index contributed by atoms with van der Waals surface area (Å²) in [6, 6.07) is 10.6. The quantitative estimate of drug-likeness (QED) is 0.538. The Morgan fingerprint density at radius 1 is 1.14 bits per heavy atom. The van der Waals surface area contributed by atoms with Crippen molar-refractivity contribution in [2.75, 3.05) is 14.2 Å². The SMILES string of the molecule is CNC(c1cc(Br)ccc1I)c1cc(Br)c(C)cc1OC. The van der Waals surface area contributed by atoms with Gasteiger partial charge in [-0.05, 0) is 78.0 Å². The molecule has 0 amide bonds. The maximum atomic E-state index is 5.58. The second kappa shape index (κ2) is 7.44. The van der Waals surface area contributed by atoms with E-state index >= 15 is 0 Å². The van der Waals surface area contributed by atoms with E-state index in [4.69, 9.17) is 4.74 Å². The number of aryl methyl sites for hydroxylation is 1. The minimum Gasteiger partial charge on any atom is -0.496 e. The van der Waals surface area contributed by atoms with Crippen molar-refractivity contribution in [2.45, 2.75) is 13.0 Å². The number of rotatable bonds is 4. The first-order valence-electron chi connectivity index (χ1n) is 6.44. The Morgan fingerprint density at radius 3 is 2.48 bits per heavy atom. The molecule has 0 spiro atoms. The lowest BCUT2D eigenvalue weighted by Crippen LogP contribution is -2.19. The number of hydrogen-bond donors (Lipinski definition) is 1. The molecule has 0 aliphatic rings. The highest BCUT2D eigenvalue weighted by molar-refractivity contribution is 14.1. The highest BCUT2D eigenvalue weighted by Crippen LogP contribution is 2.36. The van der Waals surface area contributed by atoms with Gasteiger partial charge in [0.25, 0.3) is 0 Å². The van der Waals surface area contributed by atoms with E-state index in [0.717, 1.165) is 25.8 Å². The Morgan fingerprint density at radius 2 is 1.86 bits per heavy atom. The van der Waals surface area contributed by atoms with Crippen LogP contribution in [0.1, 0.15) is 22.7 Å². The van der Waals surface area contributed by atoms with Crippen molar-refractivity contribution in [3.05, 3.63) is 59.5 Å². The minimum absolute atomic E-state index is 0.0706. The van der Waals surface area contributed by atoms with Crippen LogP contribution in [0.3, 0.4) is 0 Å². The van der Waals surface area contributed by atoms with Gasteiger partial charge in [0.15, 0.2) is 0 Å². The normalized spacial score (nSPS) is 12.3. The van der Waals surface area contributed by atoms with Crippen molar-refractivity contribution < 1.29 is 4.74 Å². The van der Waals surface area contributed by atoms with E-state index in [0.29, 0.717) is 0 Å². The van der Waals surface area contributed by atoms with Crippen LogP contribution in [-0.4, -0.2) is 14.2 Å². The van der Waals surface area contributed by atoms with Gasteiger partial charge in [-0.2, -0.15) is 0 Å². The molecule has 1 unspecified atom stereocenters. The molecule has 2 aromatic carbocycles. The van der Waals surface area contributed by atoms with Gasteiger partial charge in [-0.1, -0.05) is 31.9 Å². The molecule has 5 heteroatoms. The van der Waals surface area contributed by atoms with Crippen LogP contribution in [0.25, 0.3) is 0 Å². The Bertz CT molecular complexity index is 661. The summed E-state index contributed by atoms with van der Waals surface area (Å²) in [5.74, 6) is 0.894. The summed E-state index contributed by atoms with van der Waals surface area (Å²) in [7, 11) is 3.68. The van der Waals surface area contributed by atoms with Gasteiger partial charge >= 0.3 is 0 Å². The molecule has 21 heavy (non-hydrogen) atoms. The standard InChI is InChI=1S/C16H16Br2INO/c1-9-6-15(21-3)12(8-13(9)18)16(20-2)11-7-10(17)4-5-14(11)19/h4-8,16,20H,1-3H3. The van der Waals surface area contributed by atoms with Crippen molar-refractivity contribution in [1.82, 2.24) is 5.32 Å². The molecule has 2 nitrogen and oxygen atoms in total. The molecule has 0 saturated heterocycles. The predicted octanol–water partition coefficient (Wildman–Crippen LogP) is 5.44. The number of benzene rings is 2. The summed E-state index contributed by atoms with van der Waals surface area (Å²) < 4.78 is 8.96. The van der Waals surface area contributed by atoms with E-state index in [1.165, 1.54) is 9.13 Å². The van der Waals surface area contributed by atoms with E-state index < -0.39 is 0 Å². The lowest BCUT2D eigenvalue weighted by molar-refractivity contribution is 0.405. The molecule has 0 aromatic heterocycles. The third-order valence-electron chi connectivity index (χ3n) is 3.38. The summed E-state index contributed by atoms with van der Waals surface area (Å²) in [5.41, 5.74) is 3.50. The van der Waals surface area contributed by atoms with E-state index in [1.54, 1.807) is 7.11 Å². The number of ether oxygens (including phenoxy) is 1. The van der Waals surface area contributed by atoms with Gasteiger partial charge in [-0.15, -0.1) is 0 Å². The Labute approximate surface area is 156 Å². The molecule has 0 aliphatic carbocycles. The van der Waals surface area contributed by atoms with E-state index in [-0.39, 0.29) is 6.04 Å². The summed E-state index contributed by atoms with van der Waals surface area (Å²) in [4.78, 5) is 0. The van der Waals surface area contributed by atoms with Crippen LogP contribution in [0.2, 0.25) is 0 Å². The number of methoxy groups -OCH3 is 1. The molecule has 0 saturated carbocycles. The van der Waals surface area contributed by atoms with Crippen LogP contribution in [0.4, 0.5) is 0 Å². The van der Waals surface area contributed by atoms with Crippen molar-refractivity contribution in [1.29, 1.82) is 0 Å². The minimum atomic E-state index is 0.0706. The molecular weight excluding hydrogens is 509 g/mol. The zero-order valence-corrected chi connectivity index (χ0v) is 17.3. The average molecular weight is 525 g/mol. The van der Waals surface area contributed by atoms with Crippen LogP contribution in [-0.2, 0) is 0 Å². The maximum Gasteiger partial charge on any atom is 0.124 e. The fraction of sp³-hybridized carbons (Fsp3) is 0.250. The lowest BCUT2D eigenvalue weighted by Gasteiger charge is -2.22. The van der Waals surface area contributed by atoms with Crippen LogP contribution in [0.15, 0.2) is 39.3 Å². The molecule has 0 aliphatic heterocycles. The first-order valence-corrected chi connectivity index (χ1v) is 9.10. The molecular formula is C16H16Br2INO. The molecule has 1 atom stereocenters. The van der Waals surface area contributed by atoms with Crippen molar-refractivity contribution in [3.8, 4) is 5.75 Å². The van der Waals surface area contributed by atoms with Crippen molar-refractivity contribution >= 4 is 54.5 Å². The zero-order chi connectivity index (χ0) is 15.6. The fourth-order valence-electron chi connectivity index (χ4n) is 2.29. The second-order valence-corrected chi connectivity index (χ2v) is 7.66. The van der Waals surface area contributed by atoms with Gasteiger partial charge in [0.1, 0.15) is 5.75 Å². The highest BCUT2D eigenvalue weighted by Gasteiger charge is 2.20. The average Bonchev–Trinajstić information content (AvgIpc) is 2.46. The summed E-state index contributed by atoms with van der Waals surface area (Å²) in [6.07, 6.45) is 0. The first-order chi connectivity index (χ1) is 9.97. The molecule has 0 heterocycles. The zero-order valence-electron chi connectivity index (χ0n) is 12.0. The smallest absolute Gasteiger partial charge is 0.124 e. The third-order valence-corrected chi connectivity index (χ3v) is 5.71. The maximum absolute atomic E-state index is 5.58. The van der Waals surface area contributed by atoms with Gasteiger partial charge in [0.05, 0.1) is 13.2 Å².